The first-order valence-corrected chi connectivity index (χ1v) is 8.40. The van der Waals surface area contributed by atoms with E-state index in [-0.39, 0.29) is 23.7 Å². The zero-order chi connectivity index (χ0) is 19.0. The highest BCUT2D eigenvalue weighted by atomic mass is 16.6. The van der Waals surface area contributed by atoms with Crippen LogP contribution < -0.4 is 10.1 Å². The van der Waals surface area contributed by atoms with Gasteiger partial charge in [0, 0.05) is 16.9 Å². The summed E-state index contributed by atoms with van der Waals surface area (Å²) in [7, 11) is 0. The number of Topliss-reactive ketones (excluding diaryl/α,β-unsaturated/α-hetero) is 1. The van der Waals surface area contributed by atoms with Crippen LogP contribution in [0.4, 0.5) is 5.69 Å². The van der Waals surface area contributed by atoms with Gasteiger partial charge in [0.15, 0.2) is 5.78 Å². The number of allylic oxidation sites excluding steroid dienone is 1. The molecule has 1 aliphatic heterocycles. The molecule has 1 atom stereocenters. The minimum Gasteiger partial charge on any atom is -0.454 e. The summed E-state index contributed by atoms with van der Waals surface area (Å²) < 4.78 is 5.76. The number of nitrogens with one attached hydrogen (secondary N) is 1. The molecule has 5 nitrogen and oxygen atoms in total. The van der Waals surface area contributed by atoms with Crippen LogP contribution in [0.25, 0.3) is 0 Å². The minimum absolute atomic E-state index is 0.162. The van der Waals surface area contributed by atoms with Crippen molar-refractivity contribution in [3.63, 3.8) is 0 Å². The molecule has 0 aromatic heterocycles. The van der Waals surface area contributed by atoms with Crippen LogP contribution in [0.3, 0.4) is 0 Å². The van der Waals surface area contributed by atoms with Crippen LogP contribution >= 0.6 is 0 Å². The Hall–Kier alpha value is -2.14. The van der Waals surface area contributed by atoms with Crippen LogP contribution in [0.1, 0.15) is 48.0 Å². The fraction of sp³-hybridized carbons (Fsp3) is 0.500. The number of carbonyl (C=O) groups is 2. The molecule has 2 N–H and O–H groups in total. The maximum absolute atomic E-state index is 12.5. The molecule has 136 valence electrons. The van der Waals surface area contributed by atoms with Gasteiger partial charge < -0.3 is 15.2 Å². The van der Waals surface area contributed by atoms with Crippen molar-refractivity contribution in [3.05, 3.63) is 36.0 Å². The molecule has 25 heavy (non-hydrogen) atoms. The fourth-order valence-electron chi connectivity index (χ4n) is 2.25. The number of hydrogen-bond donors (Lipinski definition) is 2. The molecule has 1 unspecified atom stereocenters. The van der Waals surface area contributed by atoms with E-state index >= 15 is 0 Å². The van der Waals surface area contributed by atoms with E-state index in [1.807, 2.05) is 6.07 Å². The number of carbonyl (C=O) groups excluding carboxylic acids is 2. The summed E-state index contributed by atoms with van der Waals surface area (Å²) >= 11 is 0. The largest absolute Gasteiger partial charge is 0.454 e. The SMILES string of the molecule is CC(C)(C)C(=O)/C=C1\Nc2ccccc2OC1(O)CC(=O)C(C)(C)C. The molecular weight excluding hydrogens is 318 g/mol. The van der Waals surface area contributed by atoms with Gasteiger partial charge in [0.25, 0.3) is 5.79 Å². The summed E-state index contributed by atoms with van der Waals surface area (Å²) in [6, 6.07) is 7.09. The Bertz CT molecular complexity index is 722. The molecule has 0 spiro atoms. The lowest BCUT2D eigenvalue weighted by atomic mass is 9.84. The summed E-state index contributed by atoms with van der Waals surface area (Å²) in [6.45, 7) is 10.7. The normalized spacial score (nSPS) is 22.0. The summed E-state index contributed by atoms with van der Waals surface area (Å²) in [4.78, 5) is 24.9. The molecule has 1 aliphatic rings. The third-order valence-corrected chi connectivity index (χ3v) is 4.11. The number of anilines is 1. The molecule has 1 heterocycles. The molecule has 0 aliphatic carbocycles. The predicted octanol–water partition coefficient (Wildman–Crippen LogP) is 3.68. The number of hydrogen-bond acceptors (Lipinski definition) is 5. The number of para-hydroxylation sites is 2. The Labute approximate surface area is 149 Å². The quantitative estimate of drug-likeness (QED) is 0.817. The average molecular weight is 345 g/mol. The van der Waals surface area contributed by atoms with Crippen LogP contribution in [0.15, 0.2) is 36.0 Å². The van der Waals surface area contributed by atoms with Gasteiger partial charge >= 0.3 is 0 Å². The van der Waals surface area contributed by atoms with Crippen LogP contribution in [-0.4, -0.2) is 22.5 Å². The second-order valence-electron chi connectivity index (χ2n) is 8.53. The molecule has 0 saturated heterocycles. The maximum atomic E-state index is 12.5. The lowest BCUT2D eigenvalue weighted by Gasteiger charge is -2.38. The van der Waals surface area contributed by atoms with Gasteiger partial charge in [-0.25, -0.2) is 0 Å². The molecule has 0 fully saturated rings. The zero-order valence-corrected chi connectivity index (χ0v) is 15.8. The molecule has 5 heteroatoms. The van der Waals surface area contributed by atoms with Crippen molar-refractivity contribution >= 4 is 17.3 Å². The lowest BCUT2D eigenvalue weighted by molar-refractivity contribution is -0.148. The molecule has 2 rings (SSSR count). The van der Waals surface area contributed by atoms with E-state index in [4.69, 9.17) is 4.74 Å². The van der Waals surface area contributed by atoms with Crippen LogP contribution in [0.2, 0.25) is 0 Å². The van der Waals surface area contributed by atoms with Crippen molar-refractivity contribution in [2.75, 3.05) is 5.32 Å². The highest BCUT2D eigenvalue weighted by Gasteiger charge is 2.44. The number of rotatable bonds is 3. The van der Waals surface area contributed by atoms with Crippen molar-refractivity contribution in [3.8, 4) is 5.75 Å². The molecule has 0 bridgehead atoms. The van der Waals surface area contributed by atoms with Crippen molar-refractivity contribution < 1.29 is 19.4 Å². The lowest BCUT2D eigenvalue weighted by Crippen LogP contribution is -2.47. The number of aliphatic hydroxyl groups is 1. The molecular formula is C20H27NO4. The van der Waals surface area contributed by atoms with E-state index in [0.29, 0.717) is 11.4 Å². The van der Waals surface area contributed by atoms with E-state index in [2.05, 4.69) is 5.32 Å². The van der Waals surface area contributed by atoms with Gasteiger partial charge in [0.05, 0.1) is 17.8 Å². The van der Waals surface area contributed by atoms with Gasteiger partial charge in [0.2, 0.25) is 0 Å². The molecule has 1 aromatic carbocycles. The average Bonchev–Trinajstić information content (AvgIpc) is 2.45. The van der Waals surface area contributed by atoms with Gasteiger partial charge in [-0.3, -0.25) is 9.59 Å². The third-order valence-electron chi connectivity index (χ3n) is 4.11. The highest BCUT2D eigenvalue weighted by Crippen LogP contribution is 2.39. The molecule has 0 saturated carbocycles. The monoisotopic (exact) mass is 345 g/mol. The third kappa shape index (κ3) is 4.28. The Balaban J connectivity index is 2.47. The highest BCUT2D eigenvalue weighted by molar-refractivity contribution is 5.95. The van der Waals surface area contributed by atoms with Gasteiger partial charge in [-0.15, -0.1) is 0 Å². The predicted molar refractivity (Wildman–Crippen MR) is 97.3 cm³/mol. The van der Waals surface area contributed by atoms with Gasteiger partial charge in [-0.05, 0) is 12.1 Å². The molecule has 0 radical (unpaired) electrons. The van der Waals surface area contributed by atoms with Crippen LogP contribution in [-0.2, 0) is 9.59 Å². The number of benzene rings is 1. The Morgan fingerprint density at radius 1 is 1.12 bits per heavy atom. The first-order chi connectivity index (χ1) is 11.3. The van der Waals surface area contributed by atoms with Crippen molar-refractivity contribution in [1.82, 2.24) is 0 Å². The summed E-state index contributed by atoms with van der Waals surface area (Å²) in [5, 5.41) is 14.2. The smallest absolute Gasteiger partial charge is 0.257 e. The standard InChI is InChI=1S/C20H27NO4/c1-18(2,3)16(22)11-15-20(24,12-17(23)19(4,5)6)25-14-10-8-7-9-13(14)21-15/h7-11,21,24H,12H2,1-6H3/b15-11-. The molecule has 0 amide bonds. The Kier molecular flexibility index (Phi) is 4.83. The maximum Gasteiger partial charge on any atom is 0.257 e. The second kappa shape index (κ2) is 6.30. The Morgan fingerprint density at radius 3 is 2.28 bits per heavy atom. The summed E-state index contributed by atoms with van der Waals surface area (Å²) in [5.41, 5.74) is -0.414. The van der Waals surface area contributed by atoms with Gasteiger partial charge in [-0.2, -0.15) is 0 Å². The van der Waals surface area contributed by atoms with E-state index in [1.165, 1.54) is 6.08 Å². The fourth-order valence-corrected chi connectivity index (χ4v) is 2.25. The zero-order valence-electron chi connectivity index (χ0n) is 15.8. The van der Waals surface area contributed by atoms with Crippen LogP contribution in [0.5, 0.6) is 5.75 Å². The van der Waals surface area contributed by atoms with Gasteiger partial charge in [0.1, 0.15) is 11.5 Å². The Morgan fingerprint density at radius 2 is 1.72 bits per heavy atom. The number of fused-ring (bicyclic) bond motifs is 1. The van der Waals surface area contributed by atoms with Crippen molar-refractivity contribution in [2.45, 2.75) is 53.8 Å². The molecule has 1 aromatic rings. The number of ketones is 2. The van der Waals surface area contributed by atoms with Crippen molar-refractivity contribution in [1.29, 1.82) is 0 Å². The first-order valence-electron chi connectivity index (χ1n) is 8.40. The second-order valence-corrected chi connectivity index (χ2v) is 8.53. The van der Waals surface area contributed by atoms with E-state index in [1.54, 1.807) is 59.7 Å². The first kappa shape index (κ1) is 19.2. The van der Waals surface area contributed by atoms with Crippen LogP contribution in [0, 0.1) is 10.8 Å². The van der Waals surface area contributed by atoms with E-state index in [9.17, 15) is 14.7 Å². The topological polar surface area (TPSA) is 75.6 Å². The number of ether oxygens (including phenoxy) is 1. The summed E-state index contributed by atoms with van der Waals surface area (Å²) in [5.74, 6) is -1.79. The minimum atomic E-state index is -1.90. The summed E-state index contributed by atoms with van der Waals surface area (Å²) in [6.07, 6.45) is 1.09. The van der Waals surface area contributed by atoms with Crippen molar-refractivity contribution in [2.24, 2.45) is 10.8 Å². The van der Waals surface area contributed by atoms with E-state index < -0.39 is 16.6 Å². The van der Waals surface area contributed by atoms with Gasteiger partial charge in [-0.1, -0.05) is 53.7 Å². The van der Waals surface area contributed by atoms with E-state index in [0.717, 1.165) is 0 Å².